The molecule has 0 atom stereocenters. The molecule has 4 rings (SSSR count). The van der Waals surface area contributed by atoms with Crippen LogP contribution >= 0.6 is 0 Å². The standard InChI is InChI=1S/C22H21NO4/c1-2-18(25)26-14-22(12-13-22)21-19(15-6-4-3-5-7-15)20(23-27-21)16-8-10-17(24)11-9-16/h3-11,24H,2,12-14H2,1H3. The van der Waals surface area contributed by atoms with Crippen molar-refractivity contribution in [3.05, 3.63) is 60.4 Å². The van der Waals surface area contributed by atoms with Crippen molar-refractivity contribution in [1.29, 1.82) is 0 Å². The van der Waals surface area contributed by atoms with Crippen LogP contribution in [-0.2, 0) is 14.9 Å². The van der Waals surface area contributed by atoms with Crippen molar-refractivity contribution in [2.45, 2.75) is 31.6 Å². The van der Waals surface area contributed by atoms with Gasteiger partial charge in [0.1, 0.15) is 18.1 Å². The van der Waals surface area contributed by atoms with Crippen molar-refractivity contribution in [2.24, 2.45) is 0 Å². The van der Waals surface area contributed by atoms with Crippen LogP contribution in [0.3, 0.4) is 0 Å². The van der Waals surface area contributed by atoms with Crippen molar-refractivity contribution < 1.29 is 19.2 Å². The van der Waals surface area contributed by atoms with E-state index in [0.717, 1.165) is 41.0 Å². The molecule has 0 radical (unpaired) electrons. The lowest BCUT2D eigenvalue weighted by molar-refractivity contribution is -0.144. The second kappa shape index (κ2) is 6.91. The van der Waals surface area contributed by atoms with Crippen LogP contribution in [0.5, 0.6) is 5.75 Å². The second-order valence-corrected chi connectivity index (χ2v) is 6.94. The molecule has 5 nitrogen and oxygen atoms in total. The number of phenolic OH excluding ortho intramolecular Hbond substituents is 1. The van der Waals surface area contributed by atoms with Crippen molar-refractivity contribution in [3.8, 4) is 28.1 Å². The lowest BCUT2D eigenvalue weighted by Gasteiger charge is -2.14. The molecule has 5 heteroatoms. The second-order valence-electron chi connectivity index (χ2n) is 6.94. The number of phenols is 1. The van der Waals surface area contributed by atoms with Crippen LogP contribution in [-0.4, -0.2) is 22.8 Å². The number of carbonyl (C=O) groups is 1. The molecule has 1 aromatic heterocycles. The summed E-state index contributed by atoms with van der Waals surface area (Å²) < 4.78 is 11.3. The highest BCUT2D eigenvalue weighted by Gasteiger charge is 2.51. The number of ether oxygens (including phenoxy) is 1. The van der Waals surface area contributed by atoms with Gasteiger partial charge in [0.25, 0.3) is 0 Å². The monoisotopic (exact) mass is 363 g/mol. The SMILES string of the molecule is CCC(=O)OCC1(c2onc(-c3ccc(O)cc3)c2-c2ccccc2)CC1. The average Bonchev–Trinajstić information content (AvgIpc) is 3.37. The molecule has 1 N–H and O–H groups in total. The number of hydrogen-bond donors (Lipinski definition) is 1. The highest BCUT2D eigenvalue weighted by atomic mass is 16.5. The van der Waals surface area contributed by atoms with E-state index < -0.39 is 0 Å². The molecule has 0 saturated heterocycles. The summed E-state index contributed by atoms with van der Waals surface area (Å²) in [5.41, 5.74) is 3.21. The molecule has 0 aliphatic heterocycles. The van der Waals surface area contributed by atoms with Crippen molar-refractivity contribution in [2.75, 3.05) is 6.61 Å². The molecule has 0 spiro atoms. The summed E-state index contributed by atoms with van der Waals surface area (Å²) in [6.07, 6.45) is 2.15. The van der Waals surface area contributed by atoms with Crippen LogP contribution in [0.2, 0.25) is 0 Å². The third kappa shape index (κ3) is 3.33. The molecule has 27 heavy (non-hydrogen) atoms. The number of aromatic hydroxyl groups is 1. The zero-order valence-corrected chi connectivity index (χ0v) is 15.1. The van der Waals surface area contributed by atoms with E-state index in [9.17, 15) is 9.90 Å². The van der Waals surface area contributed by atoms with Gasteiger partial charge >= 0.3 is 5.97 Å². The minimum atomic E-state index is -0.307. The van der Waals surface area contributed by atoms with Crippen LogP contribution in [0.25, 0.3) is 22.4 Å². The number of rotatable bonds is 6. The van der Waals surface area contributed by atoms with E-state index in [2.05, 4.69) is 5.16 Å². The van der Waals surface area contributed by atoms with Gasteiger partial charge in [-0.2, -0.15) is 0 Å². The van der Waals surface area contributed by atoms with Crippen LogP contribution < -0.4 is 0 Å². The maximum Gasteiger partial charge on any atom is 0.305 e. The van der Waals surface area contributed by atoms with Crippen LogP contribution in [0.15, 0.2) is 59.1 Å². The minimum absolute atomic E-state index is 0.203. The lowest BCUT2D eigenvalue weighted by atomic mass is 9.92. The first kappa shape index (κ1) is 17.3. The van der Waals surface area contributed by atoms with Crippen molar-refractivity contribution in [3.63, 3.8) is 0 Å². The van der Waals surface area contributed by atoms with Crippen LogP contribution in [0, 0.1) is 0 Å². The van der Waals surface area contributed by atoms with Gasteiger partial charge in [-0.25, -0.2) is 0 Å². The van der Waals surface area contributed by atoms with Gasteiger partial charge in [0.05, 0.1) is 11.0 Å². The molecule has 1 aliphatic rings. The van der Waals surface area contributed by atoms with Crippen molar-refractivity contribution in [1.82, 2.24) is 5.16 Å². The fourth-order valence-electron chi connectivity index (χ4n) is 3.25. The van der Waals surface area contributed by atoms with Gasteiger partial charge in [-0.3, -0.25) is 4.79 Å². The van der Waals surface area contributed by atoms with E-state index >= 15 is 0 Å². The lowest BCUT2D eigenvalue weighted by Crippen LogP contribution is -2.18. The van der Waals surface area contributed by atoms with Crippen LogP contribution in [0.1, 0.15) is 31.9 Å². The average molecular weight is 363 g/mol. The molecule has 0 unspecified atom stereocenters. The quantitative estimate of drug-likeness (QED) is 0.643. The van der Waals surface area contributed by atoms with E-state index in [1.54, 1.807) is 19.1 Å². The molecule has 1 fully saturated rings. The molecule has 3 aromatic rings. The molecule has 1 aliphatic carbocycles. The molecular weight excluding hydrogens is 342 g/mol. The Bertz CT molecular complexity index is 940. The zero-order valence-electron chi connectivity index (χ0n) is 15.1. The first-order valence-electron chi connectivity index (χ1n) is 9.13. The van der Waals surface area contributed by atoms with E-state index in [-0.39, 0.29) is 17.1 Å². The third-order valence-corrected chi connectivity index (χ3v) is 5.03. The Kier molecular flexibility index (Phi) is 4.44. The Balaban J connectivity index is 1.79. The topological polar surface area (TPSA) is 72.6 Å². The van der Waals surface area contributed by atoms with E-state index in [0.29, 0.717) is 13.0 Å². The van der Waals surface area contributed by atoms with E-state index in [4.69, 9.17) is 9.26 Å². The number of aromatic nitrogens is 1. The number of nitrogens with zero attached hydrogens (tertiary/aromatic N) is 1. The molecule has 0 amide bonds. The summed E-state index contributed by atoms with van der Waals surface area (Å²) in [6, 6.07) is 16.9. The predicted octanol–water partition coefficient (Wildman–Crippen LogP) is 4.70. The number of carbonyl (C=O) groups excluding carboxylic acids is 1. The third-order valence-electron chi connectivity index (χ3n) is 5.03. The van der Waals surface area contributed by atoms with Gasteiger partial charge in [0, 0.05) is 12.0 Å². The first-order valence-corrected chi connectivity index (χ1v) is 9.13. The van der Waals surface area contributed by atoms with Gasteiger partial charge < -0.3 is 14.4 Å². The molecular formula is C22H21NO4. The van der Waals surface area contributed by atoms with Crippen LogP contribution in [0.4, 0.5) is 0 Å². The largest absolute Gasteiger partial charge is 0.508 e. The normalized spacial score (nSPS) is 14.7. The summed E-state index contributed by atoms with van der Waals surface area (Å²) in [5.74, 6) is 0.760. The highest BCUT2D eigenvalue weighted by Crippen LogP contribution is 2.53. The summed E-state index contributed by atoms with van der Waals surface area (Å²) >= 11 is 0. The Morgan fingerprint density at radius 2 is 1.81 bits per heavy atom. The van der Waals surface area contributed by atoms with Crippen molar-refractivity contribution >= 4 is 5.97 Å². The molecule has 138 valence electrons. The van der Waals surface area contributed by atoms with Gasteiger partial charge in [-0.05, 0) is 42.7 Å². The van der Waals surface area contributed by atoms with Gasteiger partial charge in [0.2, 0.25) is 0 Å². The Morgan fingerprint density at radius 1 is 1.11 bits per heavy atom. The van der Waals surface area contributed by atoms with Gasteiger partial charge in [-0.1, -0.05) is 42.4 Å². The highest BCUT2D eigenvalue weighted by molar-refractivity contribution is 5.83. The molecule has 1 saturated carbocycles. The zero-order chi connectivity index (χ0) is 18.9. The predicted molar refractivity (Wildman–Crippen MR) is 101 cm³/mol. The summed E-state index contributed by atoms with van der Waals surface area (Å²) in [5, 5.41) is 13.9. The molecule has 0 bridgehead atoms. The fraction of sp³-hybridized carbons (Fsp3) is 0.273. The van der Waals surface area contributed by atoms with Gasteiger partial charge in [0.15, 0.2) is 5.76 Å². The number of benzene rings is 2. The van der Waals surface area contributed by atoms with E-state index in [1.807, 2.05) is 42.5 Å². The summed E-state index contributed by atoms with van der Waals surface area (Å²) in [7, 11) is 0. The van der Waals surface area contributed by atoms with E-state index in [1.165, 1.54) is 0 Å². The number of hydrogen-bond acceptors (Lipinski definition) is 5. The Hall–Kier alpha value is -3.08. The fourth-order valence-corrected chi connectivity index (χ4v) is 3.25. The smallest absolute Gasteiger partial charge is 0.305 e. The Morgan fingerprint density at radius 3 is 2.44 bits per heavy atom. The van der Waals surface area contributed by atoms with Gasteiger partial charge in [-0.15, -0.1) is 0 Å². The summed E-state index contributed by atoms with van der Waals surface area (Å²) in [6.45, 7) is 2.10. The Labute approximate surface area is 157 Å². The number of esters is 1. The minimum Gasteiger partial charge on any atom is -0.508 e. The molecule has 2 aromatic carbocycles. The molecule has 1 heterocycles. The first-order chi connectivity index (χ1) is 13.1. The maximum atomic E-state index is 11.6. The summed E-state index contributed by atoms with van der Waals surface area (Å²) in [4.78, 5) is 11.6. The maximum absolute atomic E-state index is 11.6.